The molecule has 1 heterocycles. The summed E-state index contributed by atoms with van der Waals surface area (Å²) >= 11 is 1.72. The molecule has 1 atom stereocenters. The third kappa shape index (κ3) is 3.25. The molecule has 0 radical (unpaired) electrons. The zero-order chi connectivity index (χ0) is 11.4. The fourth-order valence-corrected chi connectivity index (χ4v) is 2.55. The number of hydrogen-bond acceptors (Lipinski definition) is 3. The van der Waals surface area contributed by atoms with Crippen LogP contribution in [0.5, 0.6) is 0 Å². The lowest BCUT2D eigenvalue weighted by molar-refractivity contribution is -0.122. The molecule has 1 aliphatic rings. The first kappa shape index (κ1) is 11.5. The molecule has 3 nitrogen and oxygen atoms in total. The number of benzene rings is 1. The molecule has 1 unspecified atom stereocenters. The minimum absolute atomic E-state index is 0.0579. The van der Waals surface area contributed by atoms with E-state index in [-0.39, 0.29) is 11.4 Å². The van der Waals surface area contributed by atoms with Gasteiger partial charge in [0.25, 0.3) is 0 Å². The summed E-state index contributed by atoms with van der Waals surface area (Å²) in [6.07, 6.45) is 0.585. The molecule has 0 saturated carbocycles. The van der Waals surface area contributed by atoms with E-state index in [1.807, 2.05) is 0 Å². The summed E-state index contributed by atoms with van der Waals surface area (Å²) < 4.78 is 0. The molecule has 1 aromatic rings. The molecule has 1 amide bonds. The fourth-order valence-electron chi connectivity index (χ4n) is 1.55. The monoisotopic (exact) mass is 236 g/mol. The van der Waals surface area contributed by atoms with Crippen molar-refractivity contribution < 1.29 is 4.79 Å². The molecule has 0 spiro atoms. The molecule has 1 aliphatic heterocycles. The Labute approximate surface area is 100.0 Å². The lowest BCUT2D eigenvalue weighted by Gasteiger charge is -2.24. The van der Waals surface area contributed by atoms with E-state index in [4.69, 9.17) is 0 Å². The molecule has 0 aliphatic carbocycles. The molecule has 1 saturated heterocycles. The van der Waals surface area contributed by atoms with Crippen LogP contribution in [0.2, 0.25) is 0 Å². The minimum Gasteiger partial charge on any atom is -0.332 e. The van der Waals surface area contributed by atoms with Gasteiger partial charge in [0.05, 0.1) is 0 Å². The van der Waals surface area contributed by atoms with Crippen LogP contribution in [-0.4, -0.2) is 17.9 Å². The van der Waals surface area contributed by atoms with Crippen LogP contribution < -0.4 is 10.6 Å². The Bertz CT molecular complexity index is 364. The summed E-state index contributed by atoms with van der Waals surface area (Å²) in [5.41, 5.74) is 2.62. The third-order valence-electron chi connectivity index (χ3n) is 2.51. The number of carbonyl (C=O) groups excluding carboxylic acids is 1. The summed E-state index contributed by atoms with van der Waals surface area (Å²) in [4.78, 5) is 11.2. The van der Waals surface area contributed by atoms with Crippen molar-refractivity contribution in [2.75, 3.05) is 6.54 Å². The second-order valence-corrected chi connectivity index (χ2v) is 5.04. The normalized spacial score (nSPS) is 20.6. The van der Waals surface area contributed by atoms with Crippen LogP contribution in [0.3, 0.4) is 0 Å². The zero-order valence-electron chi connectivity index (χ0n) is 9.32. The maximum Gasteiger partial charge on any atom is 0.223 e. The first-order valence-corrected chi connectivity index (χ1v) is 6.49. The first-order valence-electron chi connectivity index (χ1n) is 5.44. The van der Waals surface area contributed by atoms with Crippen molar-refractivity contribution in [3.05, 3.63) is 35.4 Å². The van der Waals surface area contributed by atoms with Gasteiger partial charge in [0.2, 0.25) is 5.91 Å². The number of nitrogens with one attached hydrogen (secondary N) is 2. The largest absolute Gasteiger partial charge is 0.332 e. The molecule has 16 heavy (non-hydrogen) atoms. The van der Waals surface area contributed by atoms with Gasteiger partial charge in [-0.15, -0.1) is 11.8 Å². The van der Waals surface area contributed by atoms with Crippen molar-refractivity contribution in [2.45, 2.75) is 24.6 Å². The number of amides is 1. The van der Waals surface area contributed by atoms with Gasteiger partial charge in [0, 0.05) is 18.7 Å². The van der Waals surface area contributed by atoms with Crippen LogP contribution >= 0.6 is 11.8 Å². The molecular formula is C12H16N2OS. The number of thioether (sulfide) groups is 1. The molecule has 1 aromatic carbocycles. The van der Waals surface area contributed by atoms with E-state index in [1.165, 1.54) is 11.1 Å². The number of aryl methyl sites for hydroxylation is 1. The molecule has 4 heteroatoms. The van der Waals surface area contributed by atoms with Gasteiger partial charge in [0.1, 0.15) is 5.50 Å². The molecular weight excluding hydrogens is 220 g/mol. The van der Waals surface area contributed by atoms with Crippen molar-refractivity contribution in [3.63, 3.8) is 0 Å². The van der Waals surface area contributed by atoms with Gasteiger partial charge in [-0.05, 0) is 12.5 Å². The highest BCUT2D eigenvalue weighted by Crippen LogP contribution is 2.16. The Morgan fingerprint density at radius 2 is 2.12 bits per heavy atom. The van der Waals surface area contributed by atoms with Crippen molar-refractivity contribution in [3.8, 4) is 0 Å². The molecule has 2 N–H and O–H groups in total. The number of rotatable bonds is 3. The Morgan fingerprint density at radius 3 is 2.81 bits per heavy atom. The van der Waals surface area contributed by atoms with Crippen molar-refractivity contribution >= 4 is 17.7 Å². The quantitative estimate of drug-likeness (QED) is 0.838. The second-order valence-electron chi connectivity index (χ2n) is 3.95. The first-order chi connectivity index (χ1) is 7.74. The van der Waals surface area contributed by atoms with E-state index < -0.39 is 0 Å². The van der Waals surface area contributed by atoms with Gasteiger partial charge in [0.15, 0.2) is 0 Å². The predicted octanol–water partition coefficient (Wildman–Crippen LogP) is 1.62. The predicted molar refractivity (Wildman–Crippen MR) is 67.0 cm³/mol. The summed E-state index contributed by atoms with van der Waals surface area (Å²) in [6.45, 7) is 2.86. The molecule has 2 rings (SSSR count). The Morgan fingerprint density at radius 1 is 1.38 bits per heavy atom. The lowest BCUT2D eigenvalue weighted by atomic mass is 10.2. The van der Waals surface area contributed by atoms with Crippen LogP contribution in [0.25, 0.3) is 0 Å². The SMILES string of the molecule is Cc1ccc(CSC2NCCC(=O)N2)cc1. The number of carbonyl (C=O) groups is 1. The summed E-state index contributed by atoms with van der Waals surface area (Å²) in [5, 5.41) is 6.17. The average Bonchev–Trinajstić information content (AvgIpc) is 2.28. The maximum atomic E-state index is 11.2. The second kappa shape index (κ2) is 5.37. The molecule has 86 valence electrons. The van der Waals surface area contributed by atoms with E-state index in [0.717, 1.165) is 12.3 Å². The maximum absolute atomic E-state index is 11.2. The fraction of sp³-hybridized carbons (Fsp3) is 0.417. The average molecular weight is 236 g/mol. The summed E-state index contributed by atoms with van der Waals surface area (Å²) in [5.74, 6) is 1.05. The van der Waals surface area contributed by atoms with Crippen molar-refractivity contribution in [2.24, 2.45) is 0 Å². The zero-order valence-corrected chi connectivity index (χ0v) is 10.1. The van der Waals surface area contributed by atoms with Crippen LogP contribution in [0.15, 0.2) is 24.3 Å². The third-order valence-corrected chi connectivity index (χ3v) is 3.63. The van der Waals surface area contributed by atoms with E-state index in [1.54, 1.807) is 11.8 Å². The van der Waals surface area contributed by atoms with Gasteiger partial charge in [-0.3, -0.25) is 10.1 Å². The Hall–Kier alpha value is -1.00. The standard InChI is InChI=1S/C12H16N2OS/c1-9-2-4-10(5-3-9)8-16-12-13-7-6-11(15)14-12/h2-5,12-13H,6-8H2,1H3,(H,14,15). The molecule has 0 aromatic heterocycles. The topological polar surface area (TPSA) is 41.1 Å². The van der Waals surface area contributed by atoms with Gasteiger partial charge in [-0.25, -0.2) is 0 Å². The number of hydrogen-bond donors (Lipinski definition) is 2. The van der Waals surface area contributed by atoms with E-state index in [2.05, 4.69) is 41.8 Å². The van der Waals surface area contributed by atoms with Gasteiger partial charge in [-0.1, -0.05) is 29.8 Å². The van der Waals surface area contributed by atoms with Crippen LogP contribution in [-0.2, 0) is 10.5 Å². The van der Waals surface area contributed by atoms with E-state index >= 15 is 0 Å². The smallest absolute Gasteiger partial charge is 0.223 e. The van der Waals surface area contributed by atoms with Crippen molar-refractivity contribution in [1.82, 2.24) is 10.6 Å². The van der Waals surface area contributed by atoms with Crippen LogP contribution in [0.4, 0.5) is 0 Å². The summed E-state index contributed by atoms with van der Waals surface area (Å²) in [6, 6.07) is 8.49. The highest BCUT2D eigenvalue weighted by molar-refractivity contribution is 7.99. The van der Waals surface area contributed by atoms with Crippen LogP contribution in [0.1, 0.15) is 17.5 Å². The lowest BCUT2D eigenvalue weighted by Crippen LogP contribution is -2.49. The molecule has 1 fully saturated rings. The minimum atomic E-state index is 0.0579. The Balaban J connectivity index is 1.82. The van der Waals surface area contributed by atoms with E-state index in [9.17, 15) is 4.79 Å². The van der Waals surface area contributed by atoms with Gasteiger partial charge in [-0.2, -0.15) is 0 Å². The van der Waals surface area contributed by atoms with E-state index in [0.29, 0.717) is 6.42 Å². The summed E-state index contributed by atoms with van der Waals surface area (Å²) in [7, 11) is 0. The Kier molecular flexibility index (Phi) is 3.85. The molecule has 0 bridgehead atoms. The highest BCUT2D eigenvalue weighted by Gasteiger charge is 2.16. The van der Waals surface area contributed by atoms with Crippen LogP contribution in [0, 0.1) is 6.92 Å². The van der Waals surface area contributed by atoms with Crippen molar-refractivity contribution in [1.29, 1.82) is 0 Å². The van der Waals surface area contributed by atoms with Gasteiger partial charge >= 0.3 is 0 Å². The highest BCUT2D eigenvalue weighted by atomic mass is 32.2. The van der Waals surface area contributed by atoms with Gasteiger partial charge < -0.3 is 5.32 Å².